The molecule has 12 heavy (non-hydrogen) atoms. The second-order valence-corrected chi connectivity index (χ2v) is 6.59. The van der Waals surface area contributed by atoms with Gasteiger partial charge in [-0.3, -0.25) is 4.39 Å². The van der Waals surface area contributed by atoms with Crippen molar-refractivity contribution in [2.24, 2.45) is 5.92 Å². The van der Waals surface area contributed by atoms with Crippen LogP contribution < -0.4 is 0 Å². The van der Waals surface area contributed by atoms with Crippen LogP contribution in [0.15, 0.2) is 0 Å². The molecule has 0 rings (SSSR count). The zero-order chi connectivity index (χ0) is 9.56. The fraction of sp³-hybridized carbons (Fsp3) is 1.00. The van der Waals surface area contributed by atoms with E-state index in [0.29, 0.717) is 22.8 Å². The van der Waals surface area contributed by atoms with Crippen LogP contribution in [0.4, 0.5) is 4.39 Å². The van der Waals surface area contributed by atoms with Crippen molar-refractivity contribution in [2.75, 3.05) is 6.67 Å². The Morgan fingerprint density at radius 1 is 1.08 bits per heavy atom. The van der Waals surface area contributed by atoms with Crippen LogP contribution in [-0.2, 0) is 0 Å². The molecule has 0 radical (unpaired) electrons. The van der Waals surface area contributed by atoms with Crippen molar-refractivity contribution in [1.82, 2.24) is 0 Å². The molecule has 0 aromatic rings. The molecule has 0 saturated heterocycles. The molecule has 1 atom stereocenters. The fourth-order valence-electron chi connectivity index (χ4n) is 0.783. The second kappa shape index (κ2) is 7.07. The predicted molar refractivity (Wildman–Crippen MR) is 59.5 cm³/mol. The van der Waals surface area contributed by atoms with Crippen molar-refractivity contribution in [3.05, 3.63) is 0 Å². The van der Waals surface area contributed by atoms with Gasteiger partial charge in [0.05, 0.1) is 6.67 Å². The van der Waals surface area contributed by atoms with Crippen LogP contribution in [0.5, 0.6) is 0 Å². The molecule has 3 heteroatoms. The molecule has 0 heterocycles. The molecule has 0 spiro atoms. The second-order valence-electron chi connectivity index (χ2n) is 3.50. The van der Waals surface area contributed by atoms with Gasteiger partial charge in [0.1, 0.15) is 0 Å². The summed E-state index contributed by atoms with van der Waals surface area (Å²) >= 11 is 0. The summed E-state index contributed by atoms with van der Waals surface area (Å²) in [4.78, 5) is 0. The molecular weight excluding hydrogens is 191 g/mol. The van der Waals surface area contributed by atoms with Crippen LogP contribution in [0.25, 0.3) is 0 Å². The van der Waals surface area contributed by atoms with E-state index in [9.17, 15) is 4.39 Å². The van der Waals surface area contributed by atoms with Gasteiger partial charge in [-0.1, -0.05) is 49.3 Å². The van der Waals surface area contributed by atoms with E-state index < -0.39 is 0 Å². The van der Waals surface area contributed by atoms with E-state index in [-0.39, 0.29) is 6.67 Å². The molecule has 0 bridgehead atoms. The van der Waals surface area contributed by atoms with Crippen molar-refractivity contribution in [3.8, 4) is 0 Å². The van der Waals surface area contributed by atoms with E-state index in [2.05, 4.69) is 27.7 Å². The quantitative estimate of drug-likeness (QED) is 0.604. The van der Waals surface area contributed by atoms with Gasteiger partial charge < -0.3 is 0 Å². The first kappa shape index (κ1) is 12.6. The Bertz CT molecular complexity index is 105. The number of hydrogen-bond donors (Lipinski definition) is 0. The van der Waals surface area contributed by atoms with E-state index in [4.69, 9.17) is 0 Å². The Labute approximate surface area is 83.5 Å². The first-order chi connectivity index (χ1) is 5.57. The van der Waals surface area contributed by atoms with Crippen LogP contribution >= 0.6 is 21.6 Å². The van der Waals surface area contributed by atoms with Crippen molar-refractivity contribution in [1.29, 1.82) is 0 Å². The Balaban J connectivity index is 3.63. The van der Waals surface area contributed by atoms with Gasteiger partial charge in [0, 0.05) is 10.5 Å². The van der Waals surface area contributed by atoms with Crippen LogP contribution in [0.1, 0.15) is 34.1 Å². The number of rotatable bonds is 6. The first-order valence-corrected chi connectivity index (χ1v) is 6.73. The smallest absolute Gasteiger partial charge is 0.0905 e. The molecule has 0 aliphatic carbocycles. The van der Waals surface area contributed by atoms with Gasteiger partial charge in [-0.25, -0.2) is 0 Å². The molecule has 0 aromatic heterocycles. The maximum absolute atomic E-state index is 12.1. The molecule has 74 valence electrons. The van der Waals surface area contributed by atoms with E-state index in [1.54, 1.807) is 0 Å². The number of hydrogen-bond acceptors (Lipinski definition) is 2. The monoisotopic (exact) mass is 210 g/mol. The van der Waals surface area contributed by atoms with Crippen molar-refractivity contribution < 1.29 is 4.39 Å². The van der Waals surface area contributed by atoms with Gasteiger partial charge in [0.15, 0.2) is 0 Å². The molecule has 0 fully saturated rings. The minimum absolute atomic E-state index is 0.186. The van der Waals surface area contributed by atoms with E-state index in [1.807, 2.05) is 21.6 Å². The Morgan fingerprint density at radius 3 is 2.00 bits per heavy atom. The highest BCUT2D eigenvalue weighted by atomic mass is 33.1. The standard InChI is InChI=1S/C9H19FS2/c1-7(2)9(5-6-10)12-11-8(3)4/h7-9H,5-6H2,1-4H3/t9-/m0/s1. The molecule has 0 aromatic carbocycles. The highest BCUT2D eigenvalue weighted by Crippen LogP contribution is 2.35. The average molecular weight is 210 g/mol. The summed E-state index contributed by atoms with van der Waals surface area (Å²) in [5.74, 6) is 0.581. The molecule has 0 saturated carbocycles. The highest BCUT2D eigenvalue weighted by Gasteiger charge is 2.14. The van der Waals surface area contributed by atoms with Crippen LogP contribution in [0.2, 0.25) is 0 Å². The van der Waals surface area contributed by atoms with Gasteiger partial charge in [-0.15, -0.1) is 0 Å². The zero-order valence-corrected chi connectivity index (χ0v) is 9.97. The molecule has 0 unspecified atom stereocenters. The van der Waals surface area contributed by atoms with E-state index in [0.717, 1.165) is 0 Å². The molecule has 0 aliphatic rings. The van der Waals surface area contributed by atoms with Crippen molar-refractivity contribution >= 4 is 21.6 Å². The summed E-state index contributed by atoms with van der Waals surface area (Å²) in [5.41, 5.74) is 0. The van der Waals surface area contributed by atoms with Crippen LogP contribution in [0, 0.1) is 5.92 Å². The lowest BCUT2D eigenvalue weighted by Crippen LogP contribution is -2.11. The minimum atomic E-state index is -0.186. The van der Waals surface area contributed by atoms with Crippen LogP contribution in [-0.4, -0.2) is 17.2 Å². The summed E-state index contributed by atoms with van der Waals surface area (Å²) in [6.07, 6.45) is 0.696. The maximum Gasteiger partial charge on any atom is 0.0905 e. The SMILES string of the molecule is CC(C)SS[C@@H](CCF)C(C)C. The number of halogens is 1. The topological polar surface area (TPSA) is 0 Å². The highest BCUT2D eigenvalue weighted by molar-refractivity contribution is 8.77. The van der Waals surface area contributed by atoms with E-state index >= 15 is 0 Å². The molecule has 0 N–H and O–H groups in total. The van der Waals surface area contributed by atoms with Gasteiger partial charge in [-0.2, -0.15) is 0 Å². The summed E-state index contributed by atoms with van der Waals surface area (Å²) in [7, 11) is 3.70. The van der Waals surface area contributed by atoms with Gasteiger partial charge in [0.2, 0.25) is 0 Å². The van der Waals surface area contributed by atoms with Crippen LogP contribution in [0.3, 0.4) is 0 Å². The average Bonchev–Trinajstić information content (AvgIpc) is 1.96. The Kier molecular flexibility index (Phi) is 7.45. The van der Waals surface area contributed by atoms with Crippen molar-refractivity contribution in [2.45, 2.75) is 44.6 Å². The van der Waals surface area contributed by atoms with E-state index in [1.165, 1.54) is 0 Å². The number of alkyl halides is 1. The molecular formula is C9H19FS2. The van der Waals surface area contributed by atoms with Gasteiger partial charge in [0.25, 0.3) is 0 Å². The Morgan fingerprint density at radius 2 is 1.67 bits per heavy atom. The third-order valence-corrected chi connectivity index (χ3v) is 5.26. The summed E-state index contributed by atoms with van der Waals surface area (Å²) < 4.78 is 12.1. The van der Waals surface area contributed by atoms with Crippen molar-refractivity contribution in [3.63, 3.8) is 0 Å². The summed E-state index contributed by atoms with van der Waals surface area (Å²) in [6.45, 7) is 8.48. The molecule has 0 amide bonds. The fourth-order valence-corrected chi connectivity index (χ4v) is 3.61. The lowest BCUT2D eigenvalue weighted by Gasteiger charge is -2.18. The van der Waals surface area contributed by atoms with Gasteiger partial charge >= 0.3 is 0 Å². The maximum atomic E-state index is 12.1. The van der Waals surface area contributed by atoms with Gasteiger partial charge in [-0.05, 0) is 12.3 Å². The Hall–Kier alpha value is 0.630. The minimum Gasteiger partial charge on any atom is -0.251 e. The lowest BCUT2D eigenvalue weighted by molar-refractivity contribution is 0.438. The summed E-state index contributed by atoms with van der Waals surface area (Å²) in [6, 6.07) is 0. The summed E-state index contributed by atoms with van der Waals surface area (Å²) in [5, 5.41) is 1.11. The lowest BCUT2D eigenvalue weighted by atomic mass is 10.1. The normalized spacial score (nSPS) is 14.2. The zero-order valence-electron chi connectivity index (χ0n) is 8.34. The third kappa shape index (κ3) is 6.18. The molecule has 0 aliphatic heterocycles. The largest absolute Gasteiger partial charge is 0.251 e. The molecule has 0 nitrogen and oxygen atoms in total. The third-order valence-electron chi connectivity index (χ3n) is 1.51. The first-order valence-electron chi connectivity index (χ1n) is 4.46. The predicted octanol–water partition coefficient (Wildman–Crippen LogP) is 4.16.